The fourth-order valence-corrected chi connectivity index (χ4v) is 1.83. The first kappa shape index (κ1) is 16.3. The number of aliphatic hydroxyl groups excluding tert-OH is 1. The van der Waals surface area contributed by atoms with Crippen LogP contribution in [0.15, 0.2) is 22.9 Å². The van der Waals surface area contributed by atoms with Crippen LogP contribution in [-0.4, -0.2) is 23.4 Å². The van der Waals surface area contributed by atoms with Gasteiger partial charge >= 0.3 is 7.12 Å². The Kier molecular flexibility index (Phi) is 4.91. The monoisotopic (exact) mass is 266 g/mol. The first-order chi connectivity index (χ1) is 8.64. The van der Waals surface area contributed by atoms with E-state index in [1.807, 2.05) is 47.6 Å². The van der Waals surface area contributed by atoms with E-state index in [0.717, 1.165) is 11.9 Å². The standard InChI is InChI=1S/C15H27BO3/c1-8-11(3)10-12(13(17)9-2)16-18-14(4,5)15(6,7)19-16/h10,17H,8-9H2,1-7H3/b11-10-,13-12-. The lowest BCUT2D eigenvalue weighted by molar-refractivity contribution is 0.00578. The van der Waals surface area contributed by atoms with Crippen LogP contribution in [0.5, 0.6) is 0 Å². The molecule has 108 valence electrons. The third kappa shape index (κ3) is 3.43. The van der Waals surface area contributed by atoms with Crippen LogP contribution >= 0.6 is 0 Å². The zero-order chi connectivity index (χ0) is 14.8. The second-order valence-electron chi connectivity index (χ2n) is 6.19. The Morgan fingerprint density at radius 3 is 1.89 bits per heavy atom. The Labute approximate surface area is 117 Å². The summed E-state index contributed by atoms with van der Waals surface area (Å²) in [5.74, 6) is 0.339. The average Bonchev–Trinajstić information content (AvgIpc) is 2.53. The van der Waals surface area contributed by atoms with Gasteiger partial charge in [0.1, 0.15) is 0 Å². The van der Waals surface area contributed by atoms with Crippen molar-refractivity contribution in [2.75, 3.05) is 0 Å². The fourth-order valence-electron chi connectivity index (χ4n) is 1.83. The molecule has 19 heavy (non-hydrogen) atoms. The van der Waals surface area contributed by atoms with Gasteiger partial charge in [0.15, 0.2) is 0 Å². The molecule has 1 saturated heterocycles. The highest BCUT2D eigenvalue weighted by Gasteiger charge is 2.52. The van der Waals surface area contributed by atoms with Crippen molar-refractivity contribution in [1.82, 2.24) is 0 Å². The predicted octanol–water partition coefficient (Wildman–Crippen LogP) is 4.20. The van der Waals surface area contributed by atoms with Crippen molar-refractivity contribution in [3.63, 3.8) is 0 Å². The molecule has 1 aliphatic heterocycles. The second-order valence-corrected chi connectivity index (χ2v) is 6.19. The molecule has 3 nitrogen and oxygen atoms in total. The van der Waals surface area contributed by atoms with Gasteiger partial charge in [-0.15, -0.1) is 0 Å². The van der Waals surface area contributed by atoms with Gasteiger partial charge in [-0.25, -0.2) is 0 Å². The molecule has 0 aromatic rings. The van der Waals surface area contributed by atoms with Crippen molar-refractivity contribution in [2.45, 2.75) is 72.5 Å². The summed E-state index contributed by atoms with van der Waals surface area (Å²) in [6, 6.07) is 0. The van der Waals surface area contributed by atoms with E-state index >= 15 is 0 Å². The van der Waals surface area contributed by atoms with Crippen molar-refractivity contribution in [1.29, 1.82) is 0 Å². The van der Waals surface area contributed by atoms with E-state index in [1.54, 1.807) is 0 Å². The summed E-state index contributed by atoms with van der Waals surface area (Å²) in [6.07, 6.45) is 3.51. The van der Waals surface area contributed by atoms with Crippen LogP contribution in [0.3, 0.4) is 0 Å². The van der Waals surface area contributed by atoms with E-state index in [0.29, 0.717) is 12.2 Å². The van der Waals surface area contributed by atoms with Gasteiger partial charge in [-0.3, -0.25) is 0 Å². The Balaban J connectivity index is 3.11. The molecule has 0 saturated carbocycles. The van der Waals surface area contributed by atoms with E-state index in [1.165, 1.54) is 5.57 Å². The maximum atomic E-state index is 10.1. The Morgan fingerprint density at radius 2 is 1.53 bits per heavy atom. The maximum absolute atomic E-state index is 10.1. The van der Waals surface area contributed by atoms with E-state index in [-0.39, 0.29) is 11.2 Å². The van der Waals surface area contributed by atoms with Gasteiger partial charge in [0.05, 0.1) is 17.0 Å². The van der Waals surface area contributed by atoms with Crippen molar-refractivity contribution in [3.8, 4) is 0 Å². The van der Waals surface area contributed by atoms with Crippen LogP contribution in [0.2, 0.25) is 0 Å². The average molecular weight is 266 g/mol. The number of allylic oxidation sites excluding steroid dienone is 4. The predicted molar refractivity (Wildman–Crippen MR) is 80.1 cm³/mol. The summed E-state index contributed by atoms with van der Waals surface area (Å²) < 4.78 is 12.0. The molecule has 1 fully saturated rings. The van der Waals surface area contributed by atoms with Crippen LogP contribution in [0.25, 0.3) is 0 Å². The SMILES string of the molecule is CC/C(C)=C\C(B1OC(C)(C)C(C)(C)O1)=C(\O)CC. The summed E-state index contributed by atoms with van der Waals surface area (Å²) in [5.41, 5.74) is 1.18. The second kappa shape index (κ2) is 5.72. The van der Waals surface area contributed by atoms with Crippen molar-refractivity contribution < 1.29 is 14.4 Å². The molecule has 0 bridgehead atoms. The topological polar surface area (TPSA) is 38.7 Å². The number of hydrogen-bond acceptors (Lipinski definition) is 3. The van der Waals surface area contributed by atoms with Gasteiger partial charge in [0.2, 0.25) is 0 Å². The molecule has 0 radical (unpaired) electrons. The van der Waals surface area contributed by atoms with E-state index < -0.39 is 7.12 Å². The molecule has 1 rings (SSSR count). The zero-order valence-electron chi connectivity index (χ0n) is 13.3. The minimum absolute atomic E-state index is 0.339. The molecule has 0 atom stereocenters. The van der Waals surface area contributed by atoms with Crippen molar-refractivity contribution in [2.24, 2.45) is 0 Å². The normalized spacial score (nSPS) is 23.5. The summed E-state index contributed by atoms with van der Waals surface area (Å²) in [5, 5.41) is 10.1. The summed E-state index contributed by atoms with van der Waals surface area (Å²) in [4.78, 5) is 0. The quantitative estimate of drug-likeness (QED) is 0.471. The Morgan fingerprint density at radius 1 is 1.05 bits per heavy atom. The first-order valence-corrected chi connectivity index (χ1v) is 7.09. The molecule has 0 unspecified atom stereocenters. The van der Waals surface area contributed by atoms with Gasteiger partial charge in [0, 0.05) is 11.9 Å². The van der Waals surface area contributed by atoms with Gasteiger partial charge in [-0.2, -0.15) is 0 Å². The van der Waals surface area contributed by atoms with Crippen LogP contribution in [0.4, 0.5) is 0 Å². The Hall–Kier alpha value is -0.735. The minimum Gasteiger partial charge on any atom is -0.513 e. The smallest absolute Gasteiger partial charge is 0.498 e. The summed E-state index contributed by atoms with van der Waals surface area (Å²) >= 11 is 0. The van der Waals surface area contributed by atoms with Crippen LogP contribution in [-0.2, 0) is 9.31 Å². The molecular formula is C15H27BO3. The number of aliphatic hydroxyl groups is 1. The highest BCUT2D eigenvalue weighted by atomic mass is 16.7. The van der Waals surface area contributed by atoms with Gasteiger partial charge in [-0.1, -0.05) is 25.5 Å². The van der Waals surface area contributed by atoms with Crippen molar-refractivity contribution in [3.05, 3.63) is 22.9 Å². The molecule has 0 spiro atoms. The molecule has 1 heterocycles. The highest BCUT2D eigenvalue weighted by molar-refractivity contribution is 6.55. The third-order valence-electron chi connectivity index (χ3n) is 4.13. The molecular weight excluding hydrogens is 239 g/mol. The van der Waals surface area contributed by atoms with Crippen molar-refractivity contribution >= 4 is 7.12 Å². The lowest BCUT2D eigenvalue weighted by Crippen LogP contribution is -2.41. The number of hydrogen-bond donors (Lipinski definition) is 1. The molecule has 4 heteroatoms. The lowest BCUT2D eigenvalue weighted by Gasteiger charge is -2.32. The minimum atomic E-state index is -0.494. The van der Waals surface area contributed by atoms with Crippen LogP contribution in [0.1, 0.15) is 61.3 Å². The third-order valence-corrected chi connectivity index (χ3v) is 4.13. The highest BCUT2D eigenvalue weighted by Crippen LogP contribution is 2.39. The molecule has 1 N–H and O–H groups in total. The molecule has 1 aliphatic rings. The van der Waals surface area contributed by atoms with E-state index in [9.17, 15) is 5.11 Å². The van der Waals surface area contributed by atoms with Gasteiger partial charge in [0.25, 0.3) is 0 Å². The molecule has 0 amide bonds. The maximum Gasteiger partial charge on any atom is 0.498 e. The largest absolute Gasteiger partial charge is 0.513 e. The van der Waals surface area contributed by atoms with Crippen LogP contribution in [0, 0.1) is 0 Å². The zero-order valence-corrected chi connectivity index (χ0v) is 13.3. The summed E-state index contributed by atoms with van der Waals surface area (Å²) in [6.45, 7) is 14.1. The fraction of sp³-hybridized carbons (Fsp3) is 0.733. The van der Waals surface area contributed by atoms with E-state index in [2.05, 4.69) is 6.92 Å². The lowest BCUT2D eigenvalue weighted by atomic mass is 9.75. The molecule has 0 aliphatic carbocycles. The number of rotatable bonds is 4. The Bertz CT molecular complexity index is 378. The van der Waals surface area contributed by atoms with E-state index in [4.69, 9.17) is 9.31 Å². The summed E-state index contributed by atoms with van der Waals surface area (Å²) in [7, 11) is -0.494. The molecule has 0 aromatic carbocycles. The first-order valence-electron chi connectivity index (χ1n) is 7.09. The van der Waals surface area contributed by atoms with Gasteiger partial charge < -0.3 is 14.4 Å². The molecule has 0 aromatic heterocycles. The van der Waals surface area contributed by atoms with Crippen LogP contribution < -0.4 is 0 Å². The van der Waals surface area contributed by atoms with Gasteiger partial charge in [-0.05, 0) is 41.0 Å².